The maximum absolute atomic E-state index is 12.1. The molecule has 0 atom stereocenters. The molecule has 0 bridgehead atoms. The molecule has 0 saturated carbocycles. The highest BCUT2D eigenvalue weighted by atomic mass is 35.5. The van der Waals surface area contributed by atoms with Gasteiger partial charge in [-0.25, -0.2) is 4.79 Å². The van der Waals surface area contributed by atoms with E-state index < -0.39 is 0 Å². The van der Waals surface area contributed by atoms with Gasteiger partial charge < -0.3 is 15.5 Å². The van der Waals surface area contributed by atoms with Gasteiger partial charge in [-0.2, -0.15) is 0 Å². The van der Waals surface area contributed by atoms with E-state index in [2.05, 4.69) is 10.6 Å². The Labute approximate surface area is 145 Å². The van der Waals surface area contributed by atoms with Gasteiger partial charge in [-0.1, -0.05) is 23.7 Å². The quantitative estimate of drug-likeness (QED) is 0.869. The number of carbonyl (C=O) groups is 2. The van der Waals surface area contributed by atoms with Crippen LogP contribution in [0, 0.1) is 0 Å². The molecule has 6 heteroatoms. The molecule has 3 rings (SSSR count). The predicted octanol–water partition coefficient (Wildman–Crippen LogP) is 3.89. The van der Waals surface area contributed by atoms with E-state index in [1.807, 2.05) is 18.2 Å². The zero-order chi connectivity index (χ0) is 17.1. The average molecular weight is 344 g/mol. The number of nitrogens with one attached hydrogen (secondary N) is 2. The Hall–Kier alpha value is -2.53. The third-order valence-corrected chi connectivity index (χ3v) is 4.24. The Morgan fingerprint density at radius 3 is 2.50 bits per heavy atom. The first-order chi connectivity index (χ1) is 11.5. The third-order valence-electron chi connectivity index (χ3n) is 4.00. The van der Waals surface area contributed by atoms with Crippen molar-refractivity contribution in [1.82, 2.24) is 4.90 Å². The van der Waals surface area contributed by atoms with Crippen molar-refractivity contribution in [3.63, 3.8) is 0 Å². The van der Waals surface area contributed by atoms with Crippen LogP contribution in [0.15, 0.2) is 42.5 Å². The van der Waals surface area contributed by atoms with Crippen molar-refractivity contribution in [3.8, 4) is 0 Å². The van der Waals surface area contributed by atoms with Gasteiger partial charge in [0.25, 0.3) is 0 Å². The summed E-state index contributed by atoms with van der Waals surface area (Å²) >= 11 is 5.90. The summed E-state index contributed by atoms with van der Waals surface area (Å²) in [5.74, 6) is 0.0673. The Kier molecular flexibility index (Phi) is 4.71. The number of anilines is 2. The highest BCUT2D eigenvalue weighted by Crippen LogP contribution is 2.23. The standard InChI is InChI=1S/C18H18ClN3O2/c1-12(23)22-8-7-13-5-6-17(9-14(13)11-22)21-18(24)20-16-4-2-3-15(19)10-16/h2-6,9-10H,7-8,11H2,1H3,(H2,20,21,24). The summed E-state index contributed by atoms with van der Waals surface area (Å²) in [7, 11) is 0. The molecule has 5 nitrogen and oxygen atoms in total. The minimum atomic E-state index is -0.337. The van der Waals surface area contributed by atoms with Gasteiger partial charge in [0.05, 0.1) is 0 Å². The van der Waals surface area contributed by atoms with Crippen LogP contribution in [0.25, 0.3) is 0 Å². The van der Waals surface area contributed by atoms with E-state index in [4.69, 9.17) is 11.6 Å². The fourth-order valence-electron chi connectivity index (χ4n) is 2.76. The van der Waals surface area contributed by atoms with E-state index in [0.717, 1.165) is 18.5 Å². The molecule has 0 aliphatic carbocycles. The van der Waals surface area contributed by atoms with Crippen LogP contribution in [-0.2, 0) is 17.8 Å². The molecule has 0 aromatic heterocycles. The number of hydrogen-bond donors (Lipinski definition) is 2. The molecular formula is C18H18ClN3O2. The number of nitrogens with zero attached hydrogens (tertiary/aromatic N) is 1. The number of carbonyl (C=O) groups excluding carboxylic acids is 2. The number of urea groups is 1. The van der Waals surface area contributed by atoms with Crippen molar-refractivity contribution in [1.29, 1.82) is 0 Å². The third kappa shape index (κ3) is 3.86. The Bertz CT molecular complexity index is 792. The first-order valence-corrected chi connectivity index (χ1v) is 8.10. The van der Waals surface area contributed by atoms with Gasteiger partial charge in [0.2, 0.25) is 5.91 Å². The van der Waals surface area contributed by atoms with E-state index >= 15 is 0 Å². The minimum absolute atomic E-state index is 0.0673. The molecule has 1 aliphatic heterocycles. The van der Waals surface area contributed by atoms with Crippen molar-refractivity contribution in [2.75, 3.05) is 17.2 Å². The lowest BCUT2D eigenvalue weighted by Crippen LogP contribution is -2.34. The molecule has 0 radical (unpaired) electrons. The maximum Gasteiger partial charge on any atom is 0.323 e. The van der Waals surface area contributed by atoms with Gasteiger partial charge in [0, 0.05) is 36.4 Å². The van der Waals surface area contributed by atoms with Crippen molar-refractivity contribution in [2.24, 2.45) is 0 Å². The first-order valence-electron chi connectivity index (χ1n) is 7.72. The molecule has 0 fully saturated rings. The number of benzene rings is 2. The summed E-state index contributed by atoms with van der Waals surface area (Å²) in [5.41, 5.74) is 3.60. The van der Waals surface area contributed by atoms with Gasteiger partial charge in [0.15, 0.2) is 0 Å². The number of fused-ring (bicyclic) bond motifs is 1. The van der Waals surface area contributed by atoms with Crippen molar-refractivity contribution >= 4 is 34.9 Å². The second-order valence-electron chi connectivity index (χ2n) is 5.76. The van der Waals surface area contributed by atoms with Gasteiger partial charge in [-0.15, -0.1) is 0 Å². The maximum atomic E-state index is 12.1. The normalized spacial score (nSPS) is 13.2. The number of hydrogen-bond acceptors (Lipinski definition) is 2. The molecule has 1 heterocycles. The fraction of sp³-hybridized carbons (Fsp3) is 0.222. The van der Waals surface area contributed by atoms with Crippen LogP contribution < -0.4 is 10.6 Å². The topological polar surface area (TPSA) is 61.4 Å². The zero-order valence-electron chi connectivity index (χ0n) is 13.3. The van der Waals surface area contributed by atoms with Gasteiger partial charge >= 0.3 is 6.03 Å². The smallest absolute Gasteiger partial charge is 0.323 e. The van der Waals surface area contributed by atoms with Crippen LogP contribution >= 0.6 is 11.6 Å². The summed E-state index contributed by atoms with van der Waals surface area (Å²) < 4.78 is 0. The number of halogens is 1. The van der Waals surface area contributed by atoms with Crippen molar-refractivity contribution in [2.45, 2.75) is 19.9 Å². The number of rotatable bonds is 2. The highest BCUT2D eigenvalue weighted by molar-refractivity contribution is 6.30. The van der Waals surface area contributed by atoms with Gasteiger partial charge in [-0.05, 0) is 47.9 Å². The van der Waals surface area contributed by atoms with Crippen molar-refractivity contribution < 1.29 is 9.59 Å². The van der Waals surface area contributed by atoms with Crippen LogP contribution in [0.1, 0.15) is 18.1 Å². The SMILES string of the molecule is CC(=O)N1CCc2ccc(NC(=O)Nc3cccc(Cl)c3)cc2C1. The first kappa shape index (κ1) is 16.3. The summed E-state index contributed by atoms with van der Waals surface area (Å²) in [5, 5.41) is 6.11. The van der Waals surface area contributed by atoms with Crippen LogP contribution in [0.2, 0.25) is 5.02 Å². The molecule has 0 spiro atoms. The summed E-state index contributed by atoms with van der Waals surface area (Å²) in [4.78, 5) is 25.4. The Balaban J connectivity index is 1.68. The molecule has 3 amide bonds. The van der Waals surface area contributed by atoms with Gasteiger partial charge in [-0.3, -0.25) is 4.79 Å². The second-order valence-corrected chi connectivity index (χ2v) is 6.20. The average Bonchev–Trinajstić information content (AvgIpc) is 2.54. The molecule has 124 valence electrons. The molecular weight excluding hydrogens is 326 g/mol. The summed E-state index contributed by atoms with van der Waals surface area (Å²) in [6, 6.07) is 12.4. The van der Waals surface area contributed by atoms with Crippen LogP contribution in [0.3, 0.4) is 0 Å². The lowest BCUT2D eigenvalue weighted by atomic mass is 9.99. The van der Waals surface area contributed by atoms with Crippen molar-refractivity contribution in [3.05, 3.63) is 58.6 Å². The van der Waals surface area contributed by atoms with Gasteiger partial charge in [0.1, 0.15) is 0 Å². The molecule has 2 aromatic rings. The largest absolute Gasteiger partial charge is 0.338 e. The highest BCUT2D eigenvalue weighted by Gasteiger charge is 2.18. The van der Waals surface area contributed by atoms with E-state index in [1.165, 1.54) is 5.56 Å². The van der Waals surface area contributed by atoms with Crippen LogP contribution in [0.4, 0.5) is 16.2 Å². The van der Waals surface area contributed by atoms with Crippen LogP contribution in [-0.4, -0.2) is 23.4 Å². The van der Waals surface area contributed by atoms with E-state index in [9.17, 15) is 9.59 Å². The summed E-state index contributed by atoms with van der Waals surface area (Å²) in [6.45, 7) is 2.89. The lowest BCUT2D eigenvalue weighted by Gasteiger charge is -2.28. The Morgan fingerprint density at radius 2 is 1.79 bits per heavy atom. The second kappa shape index (κ2) is 6.93. The molecule has 0 unspecified atom stereocenters. The fourth-order valence-corrected chi connectivity index (χ4v) is 2.95. The molecule has 2 aromatic carbocycles. The van der Waals surface area contributed by atoms with E-state index in [1.54, 1.807) is 36.1 Å². The van der Waals surface area contributed by atoms with E-state index in [-0.39, 0.29) is 11.9 Å². The lowest BCUT2D eigenvalue weighted by molar-refractivity contribution is -0.129. The van der Waals surface area contributed by atoms with E-state index in [0.29, 0.717) is 22.9 Å². The monoisotopic (exact) mass is 343 g/mol. The minimum Gasteiger partial charge on any atom is -0.338 e. The Morgan fingerprint density at radius 1 is 1.04 bits per heavy atom. The predicted molar refractivity (Wildman–Crippen MR) is 95.3 cm³/mol. The summed E-state index contributed by atoms with van der Waals surface area (Å²) in [6.07, 6.45) is 0.837. The molecule has 24 heavy (non-hydrogen) atoms. The zero-order valence-corrected chi connectivity index (χ0v) is 14.1. The molecule has 2 N–H and O–H groups in total. The molecule has 1 aliphatic rings. The molecule has 0 saturated heterocycles. The van der Waals surface area contributed by atoms with Crippen LogP contribution in [0.5, 0.6) is 0 Å². The number of amides is 3.